The Kier molecular flexibility index (Phi) is 2.31. The van der Waals surface area contributed by atoms with E-state index in [-0.39, 0.29) is 12.0 Å². The predicted octanol–water partition coefficient (Wildman–Crippen LogP) is 2.89. The summed E-state index contributed by atoms with van der Waals surface area (Å²) in [5.41, 5.74) is 2.32. The van der Waals surface area contributed by atoms with Crippen LogP contribution in [0.25, 0.3) is 0 Å². The zero-order valence-electron chi connectivity index (χ0n) is 7.63. The van der Waals surface area contributed by atoms with Gasteiger partial charge in [0.15, 0.2) is 0 Å². The standard InChI is InChI=1S/C11H13ClO/c1-7-2-4-10(12)9(6-7)8-3-5-11(8)13/h2,4,6,8,11,13H,3,5H2,1H3. The van der Waals surface area contributed by atoms with Crippen LogP contribution in [0.3, 0.4) is 0 Å². The van der Waals surface area contributed by atoms with Gasteiger partial charge < -0.3 is 5.11 Å². The van der Waals surface area contributed by atoms with Crippen molar-refractivity contribution in [3.63, 3.8) is 0 Å². The van der Waals surface area contributed by atoms with Crippen LogP contribution in [0.15, 0.2) is 18.2 Å². The van der Waals surface area contributed by atoms with Crippen molar-refractivity contribution in [2.75, 3.05) is 0 Å². The molecule has 1 aromatic rings. The molecule has 0 amide bonds. The third kappa shape index (κ3) is 1.59. The summed E-state index contributed by atoms with van der Waals surface area (Å²) in [6.45, 7) is 2.05. The second kappa shape index (κ2) is 3.32. The first-order valence-electron chi connectivity index (χ1n) is 4.62. The summed E-state index contributed by atoms with van der Waals surface area (Å²) in [6, 6.07) is 5.99. The van der Waals surface area contributed by atoms with Gasteiger partial charge in [-0.1, -0.05) is 29.3 Å². The Bertz CT molecular complexity index is 322. The van der Waals surface area contributed by atoms with Crippen LogP contribution in [0.5, 0.6) is 0 Å². The van der Waals surface area contributed by atoms with E-state index in [2.05, 4.69) is 6.07 Å². The van der Waals surface area contributed by atoms with Crippen LogP contribution in [-0.4, -0.2) is 11.2 Å². The quantitative estimate of drug-likeness (QED) is 0.733. The van der Waals surface area contributed by atoms with Crippen LogP contribution >= 0.6 is 11.6 Å². The molecule has 0 radical (unpaired) electrons. The van der Waals surface area contributed by atoms with Crippen molar-refractivity contribution in [1.29, 1.82) is 0 Å². The summed E-state index contributed by atoms with van der Waals surface area (Å²) >= 11 is 6.06. The fourth-order valence-corrected chi connectivity index (χ4v) is 2.05. The second-order valence-electron chi connectivity index (χ2n) is 3.78. The van der Waals surface area contributed by atoms with E-state index in [9.17, 15) is 5.11 Å². The minimum atomic E-state index is -0.181. The first-order valence-corrected chi connectivity index (χ1v) is 5.00. The van der Waals surface area contributed by atoms with Crippen LogP contribution in [0.2, 0.25) is 5.02 Å². The largest absolute Gasteiger partial charge is 0.392 e. The molecule has 13 heavy (non-hydrogen) atoms. The molecule has 0 spiro atoms. The number of hydrogen-bond acceptors (Lipinski definition) is 1. The van der Waals surface area contributed by atoms with Crippen molar-refractivity contribution in [2.24, 2.45) is 0 Å². The fraction of sp³-hybridized carbons (Fsp3) is 0.455. The van der Waals surface area contributed by atoms with Gasteiger partial charge in [-0.3, -0.25) is 0 Å². The van der Waals surface area contributed by atoms with Gasteiger partial charge in [-0.15, -0.1) is 0 Å². The first kappa shape index (κ1) is 9.04. The Hall–Kier alpha value is -0.530. The summed E-state index contributed by atoms with van der Waals surface area (Å²) in [4.78, 5) is 0. The highest BCUT2D eigenvalue weighted by Crippen LogP contribution is 2.40. The highest BCUT2D eigenvalue weighted by molar-refractivity contribution is 6.31. The number of hydrogen-bond donors (Lipinski definition) is 1. The van der Waals surface area contributed by atoms with E-state index in [1.165, 1.54) is 5.56 Å². The molecule has 2 rings (SSSR count). The van der Waals surface area contributed by atoms with Crippen molar-refractivity contribution in [3.8, 4) is 0 Å². The minimum Gasteiger partial charge on any atom is -0.392 e. The van der Waals surface area contributed by atoms with Gasteiger partial charge in [0.25, 0.3) is 0 Å². The lowest BCUT2D eigenvalue weighted by atomic mass is 9.77. The molecule has 0 aromatic heterocycles. The summed E-state index contributed by atoms with van der Waals surface area (Å²) in [6.07, 6.45) is 1.79. The van der Waals surface area contributed by atoms with E-state index in [0.29, 0.717) is 0 Å². The molecule has 1 saturated carbocycles. The summed E-state index contributed by atoms with van der Waals surface area (Å²) < 4.78 is 0. The van der Waals surface area contributed by atoms with E-state index < -0.39 is 0 Å². The smallest absolute Gasteiger partial charge is 0.0609 e. The molecule has 0 bridgehead atoms. The molecule has 1 N–H and O–H groups in total. The molecule has 0 heterocycles. The minimum absolute atomic E-state index is 0.181. The van der Waals surface area contributed by atoms with Gasteiger partial charge in [0.1, 0.15) is 0 Å². The Morgan fingerprint density at radius 3 is 2.69 bits per heavy atom. The zero-order chi connectivity index (χ0) is 9.42. The van der Waals surface area contributed by atoms with Crippen molar-refractivity contribution in [2.45, 2.75) is 31.8 Å². The van der Waals surface area contributed by atoms with Gasteiger partial charge in [-0.25, -0.2) is 0 Å². The van der Waals surface area contributed by atoms with E-state index in [1.54, 1.807) is 0 Å². The number of halogens is 1. The monoisotopic (exact) mass is 196 g/mol. The van der Waals surface area contributed by atoms with Crippen LogP contribution < -0.4 is 0 Å². The molecular weight excluding hydrogens is 184 g/mol. The van der Waals surface area contributed by atoms with E-state index in [0.717, 1.165) is 23.4 Å². The molecule has 1 aliphatic rings. The van der Waals surface area contributed by atoms with Crippen molar-refractivity contribution in [3.05, 3.63) is 34.3 Å². The average molecular weight is 197 g/mol. The fourth-order valence-electron chi connectivity index (χ4n) is 1.79. The van der Waals surface area contributed by atoms with Crippen molar-refractivity contribution < 1.29 is 5.11 Å². The molecule has 1 fully saturated rings. The predicted molar refractivity (Wildman–Crippen MR) is 54.2 cm³/mol. The lowest BCUT2D eigenvalue weighted by Crippen LogP contribution is -2.29. The number of benzene rings is 1. The first-order chi connectivity index (χ1) is 6.18. The molecule has 1 nitrogen and oxygen atoms in total. The summed E-state index contributed by atoms with van der Waals surface area (Å²) in [5, 5.41) is 10.3. The third-order valence-corrected chi connectivity index (χ3v) is 3.13. The van der Waals surface area contributed by atoms with E-state index >= 15 is 0 Å². The lowest BCUT2D eigenvalue weighted by Gasteiger charge is -2.33. The maximum atomic E-state index is 9.52. The van der Waals surface area contributed by atoms with E-state index in [4.69, 9.17) is 11.6 Å². The number of rotatable bonds is 1. The van der Waals surface area contributed by atoms with Crippen LogP contribution in [0, 0.1) is 6.92 Å². The van der Waals surface area contributed by atoms with Gasteiger partial charge >= 0.3 is 0 Å². The van der Waals surface area contributed by atoms with Gasteiger partial charge in [0.05, 0.1) is 6.10 Å². The number of aliphatic hydroxyl groups excluding tert-OH is 1. The topological polar surface area (TPSA) is 20.2 Å². The maximum absolute atomic E-state index is 9.52. The molecule has 0 saturated heterocycles. The van der Waals surface area contributed by atoms with Crippen LogP contribution in [-0.2, 0) is 0 Å². The maximum Gasteiger partial charge on any atom is 0.0609 e. The molecule has 1 aromatic carbocycles. The Morgan fingerprint density at radius 1 is 1.38 bits per heavy atom. The number of aryl methyl sites for hydroxylation is 1. The molecule has 2 heteroatoms. The SMILES string of the molecule is Cc1ccc(Cl)c(C2CCC2O)c1. The molecule has 1 aliphatic carbocycles. The van der Waals surface area contributed by atoms with Gasteiger partial charge in [0, 0.05) is 10.9 Å². The number of aliphatic hydroxyl groups is 1. The second-order valence-corrected chi connectivity index (χ2v) is 4.18. The molecule has 2 unspecified atom stereocenters. The molecule has 2 atom stereocenters. The molecule has 0 aliphatic heterocycles. The Morgan fingerprint density at radius 2 is 2.15 bits per heavy atom. The normalized spacial score (nSPS) is 27.0. The highest BCUT2D eigenvalue weighted by atomic mass is 35.5. The van der Waals surface area contributed by atoms with Gasteiger partial charge in [0.2, 0.25) is 0 Å². The van der Waals surface area contributed by atoms with Gasteiger partial charge in [-0.2, -0.15) is 0 Å². The summed E-state index contributed by atoms with van der Waals surface area (Å²) in [7, 11) is 0. The van der Waals surface area contributed by atoms with E-state index in [1.807, 2.05) is 19.1 Å². The summed E-state index contributed by atoms with van der Waals surface area (Å²) in [5.74, 6) is 0.271. The molecule has 70 valence electrons. The highest BCUT2D eigenvalue weighted by Gasteiger charge is 2.31. The lowest BCUT2D eigenvalue weighted by molar-refractivity contribution is 0.0661. The zero-order valence-corrected chi connectivity index (χ0v) is 8.38. The third-order valence-electron chi connectivity index (χ3n) is 2.79. The Balaban J connectivity index is 2.33. The van der Waals surface area contributed by atoms with Crippen molar-refractivity contribution >= 4 is 11.6 Å². The van der Waals surface area contributed by atoms with Crippen LogP contribution in [0.1, 0.15) is 29.9 Å². The van der Waals surface area contributed by atoms with Crippen molar-refractivity contribution in [1.82, 2.24) is 0 Å². The van der Waals surface area contributed by atoms with Crippen LogP contribution in [0.4, 0.5) is 0 Å². The van der Waals surface area contributed by atoms with Gasteiger partial charge in [-0.05, 0) is 31.4 Å². The average Bonchev–Trinajstić information content (AvgIpc) is 2.09. The Labute approximate surface area is 83.3 Å². The molecular formula is C11H13ClO.